The first kappa shape index (κ1) is 11.6. The quantitative estimate of drug-likeness (QED) is 0.654. The molecule has 1 unspecified atom stereocenters. The molecule has 0 N–H and O–H groups in total. The molecule has 15 heavy (non-hydrogen) atoms. The van der Waals surface area contributed by atoms with Crippen LogP contribution in [0.1, 0.15) is 38.4 Å². The van der Waals surface area contributed by atoms with Crippen molar-refractivity contribution in [2.45, 2.75) is 39.2 Å². The van der Waals surface area contributed by atoms with Crippen molar-refractivity contribution >= 4 is 12.1 Å². The maximum atomic E-state index is 10.7. The van der Waals surface area contributed by atoms with Crippen molar-refractivity contribution in [1.82, 2.24) is 15.0 Å². The Morgan fingerprint density at radius 1 is 1.67 bits per heavy atom. The second-order valence-electron chi connectivity index (χ2n) is 3.62. The van der Waals surface area contributed by atoms with Gasteiger partial charge in [-0.1, -0.05) is 5.21 Å². The number of aryl methyl sites for hydroxylation is 1. The molecule has 1 rings (SSSR count). The molecular weight excluding hydrogens is 194 g/mol. The lowest BCUT2D eigenvalue weighted by Gasteiger charge is -1.99. The highest BCUT2D eigenvalue weighted by molar-refractivity contribution is 5.75. The highest BCUT2D eigenvalue weighted by Crippen LogP contribution is 2.05. The Bertz CT molecular complexity index is 346. The monoisotopic (exact) mass is 209 g/mol. The van der Waals surface area contributed by atoms with Crippen LogP contribution in [0.25, 0.3) is 0 Å². The number of carbonyl (C=O) groups is 2. The summed E-state index contributed by atoms with van der Waals surface area (Å²) in [4.78, 5) is 21.2. The van der Waals surface area contributed by atoms with Crippen molar-refractivity contribution < 1.29 is 9.59 Å². The van der Waals surface area contributed by atoms with E-state index < -0.39 is 0 Å². The number of carbonyl (C=O) groups excluding carboxylic acids is 2. The van der Waals surface area contributed by atoms with Crippen molar-refractivity contribution in [3.8, 4) is 0 Å². The second kappa shape index (κ2) is 5.38. The predicted molar refractivity (Wildman–Crippen MR) is 54.4 cm³/mol. The van der Waals surface area contributed by atoms with Crippen LogP contribution >= 0.6 is 0 Å². The molecule has 0 amide bonds. The third-order valence-electron chi connectivity index (χ3n) is 2.13. The number of ketones is 1. The van der Waals surface area contributed by atoms with Crippen molar-refractivity contribution in [3.63, 3.8) is 0 Å². The molecule has 1 heterocycles. The molecule has 5 heteroatoms. The highest BCUT2D eigenvalue weighted by Gasteiger charge is 2.06. The molecule has 0 aliphatic carbocycles. The maximum Gasteiger partial charge on any atom is 0.144 e. The van der Waals surface area contributed by atoms with Crippen molar-refractivity contribution in [1.29, 1.82) is 0 Å². The molecule has 0 aromatic carbocycles. The number of hydrogen-bond donors (Lipinski definition) is 0. The Morgan fingerprint density at radius 2 is 2.40 bits per heavy atom. The molecule has 0 spiro atoms. The van der Waals surface area contributed by atoms with Crippen molar-refractivity contribution in [3.05, 3.63) is 11.9 Å². The first-order chi connectivity index (χ1) is 7.13. The fourth-order valence-corrected chi connectivity index (χ4v) is 1.21. The fraction of sp³-hybridized carbons (Fsp3) is 0.600. The largest absolute Gasteiger partial charge is 0.301 e. The SMILES string of the molecule is CC(=O)CCCc1cn(C(C)C=O)nn1. The van der Waals surface area contributed by atoms with Gasteiger partial charge in [-0.05, 0) is 26.7 Å². The van der Waals surface area contributed by atoms with Crippen molar-refractivity contribution in [2.75, 3.05) is 0 Å². The van der Waals surface area contributed by atoms with E-state index in [1.165, 1.54) is 4.68 Å². The molecule has 0 aliphatic heterocycles. The van der Waals surface area contributed by atoms with Gasteiger partial charge in [0.1, 0.15) is 18.1 Å². The Labute approximate surface area is 88.5 Å². The summed E-state index contributed by atoms with van der Waals surface area (Å²) in [7, 11) is 0. The number of hydrogen-bond acceptors (Lipinski definition) is 4. The van der Waals surface area contributed by atoms with E-state index in [0.29, 0.717) is 6.42 Å². The van der Waals surface area contributed by atoms with Crippen LogP contribution in [0.3, 0.4) is 0 Å². The van der Waals surface area contributed by atoms with E-state index in [9.17, 15) is 9.59 Å². The van der Waals surface area contributed by atoms with Gasteiger partial charge in [0.15, 0.2) is 0 Å². The van der Waals surface area contributed by atoms with Gasteiger partial charge in [0.05, 0.1) is 5.69 Å². The van der Waals surface area contributed by atoms with Gasteiger partial charge >= 0.3 is 0 Å². The average molecular weight is 209 g/mol. The molecule has 0 radical (unpaired) electrons. The first-order valence-electron chi connectivity index (χ1n) is 4.99. The average Bonchev–Trinajstić information content (AvgIpc) is 2.65. The minimum absolute atomic E-state index is 0.184. The van der Waals surface area contributed by atoms with Gasteiger partial charge < -0.3 is 9.59 Å². The lowest BCUT2D eigenvalue weighted by molar-refractivity contribution is -0.117. The summed E-state index contributed by atoms with van der Waals surface area (Å²) in [5.74, 6) is 0.184. The smallest absolute Gasteiger partial charge is 0.144 e. The molecule has 1 aromatic rings. The van der Waals surface area contributed by atoms with E-state index in [1.54, 1.807) is 20.0 Å². The van der Waals surface area contributed by atoms with Gasteiger partial charge in [-0.15, -0.1) is 5.10 Å². The van der Waals surface area contributed by atoms with E-state index in [0.717, 1.165) is 24.8 Å². The zero-order valence-electron chi connectivity index (χ0n) is 9.01. The molecule has 1 atom stereocenters. The molecule has 5 nitrogen and oxygen atoms in total. The normalized spacial score (nSPS) is 12.4. The molecule has 1 aromatic heterocycles. The summed E-state index contributed by atoms with van der Waals surface area (Å²) in [6, 6.07) is -0.279. The Kier molecular flexibility index (Phi) is 4.15. The minimum Gasteiger partial charge on any atom is -0.301 e. The van der Waals surface area contributed by atoms with Gasteiger partial charge in [0.2, 0.25) is 0 Å². The Balaban J connectivity index is 2.46. The van der Waals surface area contributed by atoms with E-state index in [2.05, 4.69) is 10.3 Å². The van der Waals surface area contributed by atoms with E-state index in [-0.39, 0.29) is 11.8 Å². The lowest BCUT2D eigenvalue weighted by Crippen LogP contribution is -2.06. The molecule has 0 bridgehead atoms. The van der Waals surface area contributed by atoms with Crippen LogP contribution in [0.15, 0.2) is 6.20 Å². The highest BCUT2D eigenvalue weighted by atomic mass is 16.1. The summed E-state index contributed by atoms with van der Waals surface area (Å²) in [5.41, 5.74) is 0.824. The summed E-state index contributed by atoms with van der Waals surface area (Å²) >= 11 is 0. The van der Waals surface area contributed by atoms with Crippen LogP contribution in [-0.2, 0) is 16.0 Å². The molecule has 0 fully saturated rings. The predicted octanol–water partition coefficient (Wildman–Crippen LogP) is 0.950. The summed E-state index contributed by atoms with van der Waals surface area (Å²) in [6.07, 6.45) is 4.64. The fourth-order valence-electron chi connectivity index (χ4n) is 1.21. The number of rotatable bonds is 6. The van der Waals surface area contributed by atoms with Gasteiger partial charge in [0, 0.05) is 12.6 Å². The number of aromatic nitrogens is 3. The van der Waals surface area contributed by atoms with Gasteiger partial charge in [-0.25, -0.2) is 4.68 Å². The van der Waals surface area contributed by atoms with E-state index >= 15 is 0 Å². The zero-order valence-corrected chi connectivity index (χ0v) is 9.01. The maximum absolute atomic E-state index is 10.7. The van der Waals surface area contributed by atoms with Crippen LogP contribution in [-0.4, -0.2) is 27.1 Å². The summed E-state index contributed by atoms with van der Waals surface area (Å²) in [6.45, 7) is 3.33. The third kappa shape index (κ3) is 3.61. The summed E-state index contributed by atoms with van der Waals surface area (Å²) in [5, 5.41) is 7.76. The van der Waals surface area contributed by atoms with Crippen LogP contribution in [0.4, 0.5) is 0 Å². The minimum atomic E-state index is -0.279. The summed E-state index contributed by atoms with van der Waals surface area (Å²) < 4.78 is 1.52. The zero-order chi connectivity index (χ0) is 11.3. The van der Waals surface area contributed by atoms with Crippen LogP contribution < -0.4 is 0 Å². The van der Waals surface area contributed by atoms with E-state index in [4.69, 9.17) is 0 Å². The van der Waals surface area contributed by atoms with Crippen molar-refractivity contribution in [2.24, 2.45) is 0 Å². The number of aldehydes is 1. The second-order valence-corrected chi connectivity index (χ2v) is 3.62. The Hall–Kier alpha value is -1.52. The molecule has 0 saturated heterocycles. The van der Waals surface area contributed by atoms with Gasteiger partial charge in [0.25, 0.3) is 0 Å². The lowest BCUT2D eigenvalue weighted by atomic mass is 10.1. The van der Waals surface area contributed by atoms with Crippen LogP contribution in [0, 0.1) is 0 Å². The van der Waals surface area contributed by atoms with Gasteiger partial charge in [-0.3, -0.25) is 0 Å². The third-order valence-corrected chi connectivity index (χ3v) is 2.13. The molecule has 0 aliphatic rings. The Morgan fingerprint density at radius 3 is 3.00 bits per heavy atom. The molecule has 82 valence electrons. The van der Waals surface area contributed by atoms with Crippen LogP contribution in [0.5, 0.6) is 0 Å². The topological polar surface area (TPSA) is 64.8 Å². The molecular formula is C10H15N3O2. The van der Waals surface area contributed by atoms with Crippen LogP contribution in [0.2, 0.25) is 0 Å². The standard InChI is InChI=1S/C10H15N3O2/c1-8(7-14)13-6-10(11-12-13)5-3-4-9(2)15/h6-8H,3-5H2,1-2H3. The molecule has 0 saturated carbocycles. The van der Waals surface area contributed by atoms with Gasteiger partial charge in [-0.2, -0.15) is 0 Å². The van der Waals surface area contributed by atoms with E-state index in [1.807, 2.05) is 0 Å². The number of Topliss-reactive ketones (excluding diaryl/α,β-unsaturated/α-hetero) is 1. The first-order valence-corrected chi connectivity index (χ1v) is 4.99. The number of nitrogens with zero attached hydrogens (tertiary/aromatic N) is 3.